The molecule has 0 heterocycles. The molecule has 4 nitrogen and oxygen atoms in total. The molecule has 1 aromatic rings. The molecule has 0 spiro atoms. The first kappa shape index (κ1) is 16.8. The van der Waals surface area contributed by atoms with Crippen LogP contribution < -0.4 is 5.73 Å². The van der Waals surface area contributed by atoms with Crippen molar-refractivity contribution >= 4 is 29.4 Å². The van der Waals surface area contributed by atoms with Gasteiger partial charge in [0.05, 0.1) is 15.6 Å². The van der Waals surface area contributed by atoms with Crippen molar-refractivity contribution in [2.24, 2.45) is 10.7 Å². The number of halogens is 5. The summed E-state index contributed by atoms with van der Waals surface area (Å²) in [5.74, 6) is 0. The lowest BCUT2D eigenvalue weighted by Crippen LogP contribution is -2.05. The van der Waals surface area contributed by atoms with Crippen LogP contribution >= 0.6 is 23.2 Å². The molecule has 1 rings (SSSR count). The summed E-state index contributed by atoms with van der Waals surface area (Å²) in [4.78, 5) is 3.59. The summed E-state index contributed by atoms with van der Waals surface area (Å²) in [6, 6.07) is 4.44. The minimum atomic E-state index is -4.59. The average Bonchev–Trinajstić information content (AvgIpc) is 2.40. The maximum Gasteiger partial charge on any atom is 0.416 e. The van der Waals surface area contributed by atoms with Gasteiger partial charge in [-0.05, 0) is 12.1 Å². The van der Waals surface area contributed by atoms with E-state index < -0.39 is 23.1 Å². The molecule has 0 aliphatic rings. The number of aliphatic imine (C=N–C) groups is 1. The molecule has 0 atom stereocenters. The van der Waals surface area contributed by atoms with Crippen LogP contribution in [0, 0.1) is 22.7 Å². The van der Waals surface area contributed by atoms with Crippen LogP contribution in [0.15, 0.2) is 28.5 Å². The molecule has 0 saturated heterocycles. The van der Waals surface area contributed by atoms with E-state index >= 15 is 0 Å². The van der Waals surface area contributed by atoms with Crippen molar-refractivity contribution in [3.8, 4) is 12.1 Å². The number of alkyl halides is 3. The van der Waals surface area contributed by atoms with Crippen molar-refractivity contribution < 1.29 is 13.2 Å². The molecule has 0 amide bonds. The molecule has 2 N–H and O–H groups in total. The van der Waals surface area contributed by atoms with Gasteiger partial charge in [0, 0.05) is 11.8 Å². The van der Waals surface area contributed by atoms with Crippen molar-refractivity contribution in [3.05, 3.63) is 44.7 Å². The molecule has 0 unspecified atom stereocenters. The van der Waals surface area contributed by atoms with Gasteiger partial charge < -0.3 is 5.73 Å². The Morgan fingerprint density at radius 2 is 1.71 bits per heavy atom. The lowest BCUT2D eigenvalue weighted by atomic mass is 10.1. The lowest BCUT2D eigenvalue weighted by Gasteiger charge is -2.09. The molecule has 108 valence electrons. The fourth-order valence-electron chi connectivity index (χ4n) is 1.21. The van der Waals surface area contributed by atoms with Crippen molar-refractivity contribution in [1.82, 2.24) is 0 Å². The highest BCUT2D eigenvalue weighted by atomic mass is 35.5. The third-order valence-electron chi connectivity index (χ3n) is 2.21. The minimum absolute atomic E-state index is 0.0233. The summed E-state index contributed by atoms with van der Waals surface area (Å²) in [5, 5.41) is 16.7. The Kier molecular flexibility index (Phi) is 5.20. The molecule has 0 radical (unpaired) electrons. The summed E-state index contributed by atoms with van der Waals surface area (Å²) in [6.45, 7) is 0. The van der Waals surface area contributed by atoms with Crippen LogP contribution in [-0.4, -0.2) is 6.21 Å². The number of rotatable bonds is 2. The molecule has 0 aliphatic carbocycles. The second-order valence-electron chi connectivity index (χ2n) is 3.60. The lowest BCUT2D eigenvalue weighted by molar-refractivity contribution is -0.137. The highest BCUT2D eigenvalue weighted by Gasteiger charge is 2.31. The molecule has 21 heavy (non-hydrogen) atoms. The molecular formula is C12H5Cl2F3N4. The van der Waals surface area contributed by atoms with Gasteiger partial charge in [0.2, 0.25) is 0 Å². The van der Waals surface area contributed by atoms with E-state index in [-0.39, 0.29) is 15.6 Å². The van der Waals surface area contributed by atoms with E-state index in [0.717, 1.165) is 6.21 Å². The molecule has 1 aromatic carbocycles. The molecular weight excluding hydrogens is 328 g/mol. The third kappa shape index (κ3) is 4.12. The van der Waals surface area contributed by atoms with Gasteiger partial charge in [0.25, 0.3) is 0 Å². The monoisotopic (exact) mass is 332 g/mol. The Labute approximate surface area is 127 Å². The maximum absolute atomic E-state index is 12.5. The van der Waals surface area contributed by atoms with Crippen LogP contribution in [0.5, 0.6) is 0 Å². The first-order chi connectivity index (χ1) is 9.70. The van der Waals surface area contributed by atoms with Crippen molar-refractivity contribution in [3.63, 3.8) is 0 Å². The Morgan fingerprint density at radius 1 is 1.19 bits per heavy atom. The first-order valence-corrected chi connectivity index (χ1v) is 5.86. The highest BCUT2D eigenvalue weighted by molar-refractivity contribution is 6.38. The number of allylic oxidation sites excluding steroid dienone is 2. The van der Waals surface area contributed by atoms with E-state index in [0.29, 0.717) is 12.1 Å². The Balaban J connectivity index is 3.30. The number of nitrogens with zero attached hydrogens (tertiary/aromatic N) is 3. The van der Waals surface area contributed by atoms with Gasteiger partial charge >= 0.3 is 6.18 Å². The van der Waals surface area contributed by atoms with Crippen LogP contribution in [0.1, 0.15) is 11.1 Å². The summed E-state index contributed by atoms with van der Waals surface area (Å²) in [5.41, 5.74) is 3.35. The molecule has 0 aliphatic heterocycles. The molecule has 0 fully saturated rings. The molecule has 9 heteroatoms. The van der Waals surface area contributed by atoms with Crippen molar-refractivity contribution in [1.29, 1.82) is 10.5 Å². The zero-order valence-corrected chi connectivity index (χ0v) is 11.6. The number of benzene rings is 1. The van der Waals surface area contributed by atoms with E-state index in [2.05, 4.69) is 4.99 Å². The van der Waals surface area contributed by atoms with Crippen molar-refractivity contribution in [2.45, 2.75) is 6.18 Å². The van der Waals surface area contributed by atoms with Gasteiger partial charge in [-0.1, -0.05) is 23.2 Å². The van der Waals surface area contributed by atoms with Gasteiger partial charge in [0.15, 0.2) is 5.70 Å². The molecule has 0 aromatic heterocycles. The van der Waals surface area contributed by atoms with Crippen LogP contribution in [0.25, 0.3) is 0 Å². The van der Waals surface area contributed by atoms with Crippen LogP contribution in [0.2, 0.25) is 10.0 Å². The van der Waals surface area contributed by atoms with E-state index in [1.54, 1.807) is 6.07 Å². The first-order valence-electron chi connectivity index (χ1n) is 5.11. The number of nitriles is 2. The Hall–Kier alpha value is -2.22. The van der Waals surface area contributed by atoms with Crippen LogP contribution in [-0.2, 0) is 6.18 Å². The second-order valence-corrected chi connectivity index (χ2v) is 4.41. The smallest absolute Gasteiger partial charge is 0.388 e. The topological polar surface area (TPSA) is 86.0 Å². The molecule has 0 bridgehead atoms. The Morgan fingerprint density at radius 3 is 2.10 bits per heavy atom. The van der Waals surface area contributed by atoms with Gasteiger partial charge in [-0.15, -0.1) is 0 Å². The summed E-state index contributed by atoms with van der Waals surface area (Å²) in [7, 11) is 0. The zero-order chi connectivity index (χ0) is 16.2. The van der Waals surface area contributed by atoms with E-state index in [9.17, 15) is 13.2 Å². The van der Waals surface area contributed by atoms with E-state index in [1.807, 2.05) is 0 Å². The fraction of sp³-hybridized carbons (Fsp3) is 0.0833. The fourth-order valence-corrected chi connectivity index (χ4v) is 1.80. The molecule has 0 saturated carbocycles. The number of hydrogen-bond donors (Lipinski definition) is 1. The summed E-state index contributed by atoms with van der Waals surface area (Å²) in [6.07, 6.45) is -3.63. The van der Waals surface area contributed by atoms with Gasteiger partial charge in [-0.3, -0.25) is 0 Å². The number of hydrogen-bond acceptors (Lipinski definition) is 4. The second kappa shape index (κ2) is 6.49. The standard InChI is InChI=1S/C12H5Cl2F3N4/c13-8-1-6(12(15,16)17)2-9(14)7(8)5-21-11(4-19)10(20)3-18/h1-2,5H,20H2/b11-10+,21-5?. The van der Waals surface area contributed by atoms with Crippen LogP contribution in [0.4, 0.5) is 13.2 Å². The largest absolute Gasteiger partial charge is 0.416 e. The van der Waals surface area contributed by atoms with Crippen molar-refractivity contribution in [2.75, 3.05) is 0 Å². The van der Waals surface area contributed by atoms with Gasteiger partial charge in [0.1, 0.15) is 17.8 Å². The van der Waals surface area contributed by atoms with E-state index in [1.165, 1.54) is 6.07 Å². The summed E-state index contributed by atoms with van der Waals surface area (Å²) >= 11 is 11.4. The number of nitrogens with two attached hydrogens (primary N) is 1. The average molecular weight is 333 g/mol. The van der Waals surface area contributed by atoms with Gasteiger partial charge in [-0.2, -0.15) is 23.7 Å². The minimum Gasteiger partial charge on any atom is -0.388 e. The SMILES string of the molecule is N#C/C(N)=C(/C#N)N=Cc1c(Cl)cc(C(F)(F)F)cc1Cl. The van der Waals surface area contributed by atoms with Gasteiger partial charge in [-0.25, -0.2) is 4.99 Å². The Bertz CT molecular complexity index is 686. The van der Waals surface area contributed by atoms with E-state index in [4.69, 9.17) is 39.5 Å². The maximum atomic E-state index is 12.5. The predicted octanol–water partition coefficient (Wildman–Crippen LogP) is 3.65. The third-order valence-corrected chi connectivity index (χ3v) is 2.84. The normalized spacial score (nSPS) is 12.7. The summed E-state index contributed by atoms with van der Waals surface area (Å²) < 4.78 is 37.6. The zero-order valence-electron chi connectivity index (χ0n) is 10.0. The quantitative estimate of drug-likeness (QED) is 0.662. The van der Waals surface area contributed by atoms with Crippen LogP contribution in [0.3, 0.4) is 0 Å². The highest BCUT2D eigenvalue weighted by Crippen LogP contribution is 2.35. The predicted molar refractivity (Wildman–Crippen MR) is 71.5 cm³/mol.